The molecule has 5 heteroatoms. The van der Waals surface area contributed by atoms with Gasteiger partial charge in [-0.2, -0.15) is 0 Å². The van der Waals surface area contributed by atoms with E-state index in [1.165, 1.54) is 19.3 Å². The van der Waals surface area contributed by atoms with Gasteiger partial charge < -0.3 is 15.5 Å². The molecule has 1 amide bonds. The van der Waals surface area contributed by atoms with E-state index in [-0.39, 0.29) is 5.91 Å². The molecule has 0 aliphatic heterocycles. The summed E-state index contributed by atoms with van der Waals surface area (Å²) in [5.74, 6) is 0.0642. The fourth-order valence-corrected chi connectivity index (χ4v) is 3.18. The van der Waals surface area contributed by atoms with Crippen LogP contribution in [0, 0.1) is 0 Å². The number of hydrogen-bond acceptors (Lipinski definition) is 2. The highest BCUT2D eigenvalue weighted by atomic mass is 32.1. The van der Waals surface area contributed by atoms with Crippen LogP contribution in [0.5, 0.6) is 0 Å². The number of rotatable bonds is 4. The van der Waals surface area contributed by atoms with Gasteiger partial charge in [0.25, 0.3) is 5.91 Å². The molecule has 1 saturated carbocycles. The first-order valence-corrected chi connectivity index (χ1v) is 8.45. The third-order valence-electron chi connectivity index (χ3n) is 4.19. The van der Waals surface area contributed by atoms with E-state index < -0.39 is 0 Å². The molecule has 0 bridgehead atoms. The van der Waals surface area contributed by atoms with Crippen LogP contribution in [0.4, 0.5) is 5.69 Å². The number of nitrogens with zero attached hydrogens (tertiary/aromatic N) is 1. The highest BCUT2D eigenvalue weighted by Gasteiger charge is 2.24. The van der Waals surface area contributed by atoms with Crippen molar-refractivity contribution in [3.63, 3.8) is 0 Å². The minimum Gasteiger partial charge on any atom is -0.363 e. The number of amides is 1. The minimum atomic E-state index is 0.0642. The second kappa shape index (κ2) is 8.13. The maximum absolute atomic E-state index is 12.8. The van der Waals surface area contributed by atoms with Gasteiger partial charge in [0.1, 0.15) is 0 Å². The van der Waals surface area contributed by atoms with E-state index in [1.807, 2.05) is 43.1 Å². The average molecular weight is 319 g/mol. The quantitative estimate of drug-likeness (QED) is 0.835. The second-order valence-corrected chi connectivity index (χ2v) is 6.15. The first-order chi connectivity index (χ1) is 10.6. The van der Waals surface area contributed by atoms with Crippen LogP contribution in [0.25, 0.3) is 0 Å². The molecule has 0 saturated heterocycles. The van der Waals surface area contributed by atoms with E-state index >= 15 is 0 Å². The van der Waals surface area contributed by atoms with E-state index in [0.29, 0.717) is 16.7 Å². The number of carbonyl (C=O) groups is 1. The second-order valence-electron chi connectivity index (χ2n) is 5.74. The van der Waals surface area contributed by atoms with Crippen LogP contribution in [0.2, 0.25) is 0 Å². The van der Waals surface area contributed by atoms with Crippen molar-refractivity contribution in [1.82, 2.24) is 10.2 Å². The summed E-state index contributed by atoms with van der Waals surface area (Å²) < 4.78 is 0. The Labute approximate surface area is 138 Å². The van der Waals surface area contributed by atoms with E-state index in [2.05, 4.69) is 10.6 Å². The van der Waals surface area contributed by atoms with Crippen LogP contribution < -0.4 is 10.6 Å². The van der Waals surface area contributed by atoms with Crippen molar-refractivity contribution in [2.75, 3.05) is 18.9 Å². The lowest BCUT2D eigenvalue weighted by Gasteiger charge is -2.31. The van der Waals surface area contributed by atoms with Crippen LogP contribution in [-0.4, -0.2) is 35.6 Å². The Morgan fingerprint density at radius 1 is 1.27 bits per heavy atom. The van der Waals surface area contributed by atoms with Gasteiger partial charge in [-0.1, -0.05) is 31.4 Å². The summed E-state index contributed by atoms with van der Waals surface area (Å²) in [5, 5.41) is 6.72. The molecule has 1 aliphatic rings. The third-order valence-corrected chi connectivity index (χ3v) is 4.43. The molecule has 22 heavy (non-hydrogen) atoms. The predicted molar refractivity (Wildman–Crippen MR) is 95.3 cm³/mol. The van der Waals surface area contributed by atoms with Gasteiger partial charge in [0.2, 0.25) is 0 Å². The van der Waals surface area contributed by atoms with Crippen LogP contribution >= 0.6 is 12.2 Å². The Morgan fingerprint density at radius 3 is 2.64 bits per heavy atom. The number of benzene rings is 1. The molecule has 4 nitrogen and oxygen atoms in total. The van der Waals surface area contributed by atoms with Crippen molar-refractivity contribution in [3.8, 4) is 0 Å². The van der Waals surface area contributed by atoms with Crippen molar-refractivity contribution in [2.45, 2.75) is 45.1 Å². The summed E-state index contributed by atoms with van der Waals surface area (Å²) in [6.45, 7) is 2.74. The molecular weight excluding hydrogens is 294 g/mol. The largest absolute Gasteiger partial charge is 0.363 e. The van der Waals surface area contributed by atoms with Gasteiger partial charge in [-0.3, -0.25) is 4.79 Å². The Hall–Kier alpha value is -1.62. The summed E-state index contributed by atoms with van der Waals surface area (Å²) >= 11 is 5.23. The van der Waals surface area contributed by atoms with Crippen LogP contribution in [0.3, 0.4) is 0 Å². The maximum atomic E-state index is 12.8. The maximum Gasteiger partial charge on any atom is 0.255 e. The monoisotopic (exact) mass is 319 g/mol. The Balaban J connectivity index is 2.13. The van der Waals surface area contributed by atoms with Gasteiger partial charge in [-0.15, -0.1) is 0 Å². The van der Waals surface area contributed by atoms with Crippen molar-refractivity contribution in [3.05, 3.63) is 29.8 Å². The molecule has 2 N–H and O–H groups in total. The fraction of sp³-hybridized carbons (Fsp3) is 0.529. The van der Waals surface area contributed by atoms with Gasteiger partial charge in [-0.05, 0) is 44.1 Å². The molecule has 0 heterocycles. The number of nitrogens with one attached hydrogen (secondary N) is 2. The van der Waals surface area contributed by atoms with E-state index in [9.17, 15) is 4.79 Å². The summed E-state index contributed by atoms with van der Waals surface area (Å²) in [6, 6.07) is 7.91. The molecule has 0 aromatic heterocycles. The van der Waals surface area contributed by atoms with Gasteiger partial charge >= 0.3 is 0 Å². The Bertz CT molecular complexity index is 526. The zero-order valence-corrected chi connectivity index (χ0v) is 14.2. The number of para-hydroxylation sites is 1. The highest BCUT2D eigenvalue weighted by molar-refractivity contribution is 7.80. The normalized spacial score (nSPS) is 15.2. The summed E-state index contributed by atoms with van der Waals surface area (Å²) in [7, 11) is 1.91. The average Bonchev–Trinajstić information content (AvgIpc) is 2.55. The molecule has 1 aromatic carbocycles. The molecule has 0 radical (unpaired) electrons. The molecule has 0 atom stereocenters. The van der Waals surface area contributed by atoms with E-state index in [0.717, 1.165) is 25.1 Å². The van der Waals surface area contributed by atoms with Gasteiger partial charge in [-0.25, -0.2) is 0 Å². The predicted octanol–water partition coefficient (Wildman–Crippen LogP) is 3.40. The van der Waals surface area contributed by atoms with Gasteiger partial charge in [0.05, 0.1) is 11.3 Å². The zero-order valence-electron chi connectivity index (χ0n) is 13.4. The lowest BCUT2D eigenvalue weighted by molar-refractivity contribution is 0.0697. The number of thiocarbonyl (C=S) groups is 1. The Kier molecular flexibility index (Phi) is 6.19. The van der Waals surface area contributed by atoms with Crippen LogP contribution in [-0.2, 0) is 0 Å². The van der Waals surface area contributed by atoms with Crippen molar-refractivity contribution in [1.29, 1.82) is 0 Å². The molecule has 120 valence electrons. The lowest BCUT2D eigenvalue weighted by Crippen LogP contribution is -2.39. The van der Waals surface area contributed by atoms with Gasteiger partial charge in [0.15, 0.2) is 5.11 Å². The minimum absolute atomic E-state index is 0.0642. The van der Waals surface area contributed by atoms with Crippen LogP contribution in [0.15, 0.2) is 24.3 Å². The molecule has 1 fully saturated rings. The zero-order chi connectivity index (χ0) is 15.9. The smallest absolute Gasteiger partial charge is 0.255 e. The van der Waals surface area contributed by atoms with Crippen LogP contribution in [0.1, 0.15) is 49.4 Å². The first kappa shape index (κ1) is 16.7. The molecule has 1 aromatic rings. The molecule has 1 aliphatic carbocycles. The number of carbonyl (C=O) groups excluding carboxylic acids is 1. The topological polar surface area (TPSA) is 44.4 Å². The SMILES string of the molecule is CCNC(=S)Nc1ccccc1C(=O)N(C)C1CCCCC1. The van der Waals surface area contributed by atoms with Gasteiger partial charge in [0, 0.05) is 19.6 Å². The number of hydrogen-bond donors (Lipinski definition) is 2. The molecule has 2 rings (SSSR count). The highest BCUT2D eigenvalue weighted by Crippen LogP contribution is 2.24. The van der Waals surface area contributed by atoms with Crippen molar-refractivity contribution >= 4 is 28.9 Å². The molecule has 0 unspecified atom stereocenters. The lowest BCUT2D eigenvalue weighted by atomic mass is 9.94. The summed E-state index contributed by atoms with van der Waals surface area (Å²) in [5.41, 5.74) is 1.44. The molecular formula is C17H25N3OS. The Morgan fingerprint density at radius 2 is 1.95 bits per heavy atom. The standard InChI is InChI=1S/C17H25N3OS/c1-3-18-17(22)19-15-12-8-7-11-14(15)16(21)20(2)13-9-5-4-6-10-13/h7-8,11-13H,3-6,9-10H2,1-2H3,(H2,18,19,22). The van der Waals surface area contributed by atoms with Crippen molar-refractivity contribution < 1.29 is 4.79 Å². The summed E-state index contributed by atoms with van der Waals surface area (Å²) in [6.07, 6.45) is 5.92. The van der Waals surface area contributed by atoms with E-state index in [1.54, 1.807) is 0 Å². The fourth-order valence-electron chi connectivity index (χ4n) is 2.93. The summed E-state index contributed by atoms with van der Waals surface area (Å²) in [4.78, 5) is 14.7. The molecule has 0 spiro atoms. The number of anilines is 1. The third kappa shape index (κ3) is 4.19. The van der Waals surface area contributed by atoms with Crippen molar-refractivity contribution in [2.24, 2.45) is 0 Å². The van der Waals surface area contributed by atoms with E-state index in [4.69, 9.17) is 12.2 Å². The first-order valence-electron chi connectivity index (χ1n) is 8.04.